The van der Waals surface area contributed by atoms with E-state index in [4.69, 9.17) is 0 Å². The number of nitrogens with one attached hydrogen (secondary N) is 1. The summed E-state index contributed by atoms with van der Waals surface area (Å²) in [5, 5.41) is 3.22. The summed E-state index contributed by atoms with van der Waals surface area (Å²) in [4.78, 5) is 0. The average molecular weight is 260 g/mol. The zero-order chi connectivity index (χ0) is 10.6. The second-order valence-electron chi connectivity index (χ2n) is 3.52. The molecule has 1 aromatic carbocycles. The first-order valence-corrected chi connectivity index (χ1v) is 5.61. The molecule has 0 saturated carbocycles. The number of benzene rings is 1. The van der Waals surface area contributed by atoms with Crippen molar-refractivity contribution in [2.75, 3.05) is 11.9 Å². The Bertz CT molecular complexity index is 301. The zero-order valence-corrected chi connectivity index (χ0v) is 10.1. The van der Waals surface area contributed by atoms with E-state index < -0.39 is 0 Å². The third kappa shape index (κ3) is 3.29. The molecule has 0 aromatic heterocycles. The van der Waals surface area contributed by atoms with Crippen molar-refractivity contribution < 1.29 is 4.39 Å². The lowest BCUT2D eigenvalue weighted by molar-refractivity contribution is 0.592. The Morgan fingerprint density at radius 2 is 2.21 bits per heavy atom. The first-order chi connectivity index (χ1) is 6.63. The molecule has 14 heavy (non-hydrogen) atoms. The fourth-order valence-electron chi connectivity index (χ4n) is 1.06. The largest absolute Gasteiger partial charge is 0.384 e. The summed E-state index contributed by atoms with van der Waals surface area (Å²) < 4.78 is 13.8. The Balaban J connectivity index is 2.62. The van der Waals surface area contributed by atoms with Crippen LogP contribution in [0.5, 0.6) is 0 Å². The summed E-state index contributed by atoms with van der Waals surface area (Å²) in [7, 11) is 0. The third-order valence-corrected chi connectivity index (χ3v) is 2.96. The Morgan fingerprint density at radius 1 is 1.50 bits per heavy atom. The van der Waals surface area contributed by atoms with Crippen molar-refractivity contribution in [1.29, 1.82) is 0 Å². The highest BCUT2D eigenvalue weighted by Crippen LogP contribution is 2.23. The van der Waals surface area contributed by atoms with Crippen LogP contribution in [-0.2, 0) is 0 Å². The van der Waals surface area contributed by atoms with Crippen molar-refractivity contribution in [1.82, 2.24) is 0 Å². The molecular formula is C11H15BrFN. The van der Waals surface area contributed by atoms with E-state index in [9.17, 15) is 4.39 Å². The Labute approximate surface area is 92.8 Å². The van der Waals surface area contributed by atoms with Gasteiger partial charge in [-0.05, 0) is 40.0 Å². The summed E-state index contributed by atoms with van der Waals surface area (Å²) in [6.45, 7) is 5.19. The van der Waals surface area contributed by atoms with Crippen molar-refractivity contribution in [2.45, 2.75) is 20.3 Å². The highest BCUT2D eigenvalue weighted by molar-refractivity contribution is 9.10. The number of anilines is 1. The van der Waals surface area contributed by atoms with Crippen LogP contribution in [0.3, 0.4) is 0 Å². The number of rotatable bonds is 4. The van der Waals surface area contributed by atoms with E-state index >= 15 is 0 Å². The summed E-state index contributed by atoms with van der Waals surface area (Å²) in [6, 6.07) is 4.67. The molecule has 1 unspecified atom stereocenters. The maximum atomic E-state index is 12.9. The molecule has 78 valence electrons. The molecule has 0 saturated heterocycles. The maximum absolute atomic E-state index is 12.9. The number of hydrogen-bond donors (Lipinski definition) is 1. The maximum Gasteiger partial charge on any atom is 0.125 e. The van der Waals surface area contributed by atoms with Crippen LogP contribution in [0.1, 0.15) is 20.3 Å². The van der Waals surface area contributed by atoms with Crippen molar-refractivity contribution >= 4 is 21.6 Å². The van der Waals surface area contributed by atoms with Crippen LogP contribution < -0.4 is 5.32 Å². The molecule has 0 aliphatic carbocycles. The van der Waals surface area contributed by atoms with Gasteiger partial charge in [0.05, 0.1) is 5.69 Å². The molecule has 0 bridgehead atoms. The van der Waals surface area contributed by atoms with Crippen LogP contribution in [0.4, 0.5) is 10.1 Å². The topological polar surface area (TPSA) is 12.0 Å². The van der Waals surface area contributed by atoms with Crippen molar-refractivity contribution in [2.24, 2.45) is 5.92 Å². The SMILES string of the molecule is CCC(C)CNc1cc(F)ccc1Br. The fraction of sp³-hybridized carbons (Fsp3) is 0.455. The average Bonchev–Trinajstić information content (AvgIpc) is 2.19. The number of hydrogen-bond acceptors (Lipinski definition) is 1. The molecule has 1 nitrogen and oxygen atoms in total. The molecule has 0 amide bonds. The molecule has 0 aliphatic rings. The van der Waals surface area contributed by atoms with Gasteiger partial charge in [0.25, 0.3) is 0 Å². The molecule has 1 rings (SSSR count). The van der Waals surface area contributed by atoms with E-state index in [0.29, 0.717) is 5.92 Å². The smallest absolute Gasteiger partial charge is 0.125 e. The molecule has 3 heteroatoms. The first kappa shape index (κ1) is 11.5. The van der Waals surface area contributed by atoms with Crippen molar-refractivity contribution in [3.8, 4) is 0 Å². The van der Waals surface area contributed by atoms with Gasteiger partial charge in [-0.25, -0.2) is 4.39 Å². The van der Waals surface area contributed by atoms with E-state index in [0.717, 1.165) is 23.1 Å². The molecule has 0 heterocycles. The van der Waals surface area contributed by atoms with Gasteiger partial charge in [0.1, 0.15) is 5.82 Å². The van der Waals surface area contributed by atoms with Crippen molar-refractivity contribution in [3.05, 3.63) is 28.5 Å². The van der Waals surface area contributed by atoms with E-state index in [-0.39, 0.29) is 5.82 Å². The van der Waals surface area contributed by atoms with Crippen LogP contribution in [0.15, 0.2) is 22.7 Å². The summed E-state index contributed by atoms with van der Waals surface area (Å²) in [6.07, 6.45) is 1.12. The first-order valence-electron chi connectivity index (χ1n) is 4.82. The van der Waals surface area contributed by atoms with Gasteiger partial charge in [-0.3, -0.25) is 0 Å². The lowest BCUT2D eigenvalue weighted by Crippen LogP contribution is -2.10. The van der Waals surface area contributed by atoms with Crippen LogP contribution in [0, 0.1) is 11.7 Å². The van der Waals surface area contributed by atoms with Gasteiger partial charge in [-0.15, -0.1) is 0 Å². The van der Waals surface area contributed by atoms with Crippen molar-refractivity contribution in [3.63, 3.8) is 0 Å². The van der Waals surface area contributed by atoms with Gasteiger partial charge in [-0.2, -0.15) is 0 Å². The second kappa shape index (κ2) is 5.35. The lowest BCUT2D eigenvalue weighted by Gasteiger charge is -2.12. The minimum Gasteiger partial charge on any atom is -0.384 e. The van der Waals surface area contributed by atoms with Crippen LogP contribution >= 0.6 is 15.9 Å². The highest BCUT2D eigenvalue weighted by Gasteiger charge is 2.03. The van der Waals surface area contributed by atoms with Crippen LogP contribution in [0.25, 0.3) is 0 Å². The quantitative estimate of drug-likeness (QED) is 0.861. The van der Waals surface area contributed by atoms with E-state index in [1.807, 2.05) is 0 Å². The van der Waals surface area contributed by atoms with E-state index in [2.05, 4.69) is 35.1 Å². The van der Waals surface area contributed by atoms with Gasteiger partial charge >= 0.3 is 0 Å². The van der Waals surface area contributed by atoms with Crippen LogP contribution in [0.2, 0.25) is 0 Å². The molecule has 1 N–H and O–H groups in total. The normalized spacial score (nSPS) is 12.6. The minimum absolute atomic E-state index is 0.208. The second-order valence-corrected chi connectivity index (χ2v) is 4.37. The predicted octanol–water partition coefficient (Wildman–Crippen LogP) is 4.05. The van der Waals surface area contributed by atoms with Gasteiger partial charge in [0, 0.05) is 11.0 Å². The Kier molecular flexibility index (Phi) is 4.39. The lowest BCUT2D eigenvalue weighted by atomic mass is 10.1. The Hall–Kier alpha value is -0.570. The molecule has 1 aromatic rings. The van der Waals surface area contributed by atoms with Gasteiger partial charge < -0.3 is 5.32 Å². The third-order valence-electron chi connectivity index (χ3n) is 2.27. The molecule has 0 aliphatic heterocycles. The molecular weight excluding hydrogens is 245 g/mol. The predicted molar refractivity (Wildman–Crippen MR) is 62.0 cm³/mol. The van der Waals surface area contributed by atoms with Gasteiger partial charge in [-0.1, -0.05) is 20.3 Å². The molecule has 1 atom stereocenters. The fourth-order valence-corrected chi connectivity index (χ4v) is 1.45. The summed E-state index contributed by atoms with van der Waals surface area (Å²) >= 11 is 3.37. The summed E-state index contributed by atoms with van der Waals surface area (Å²) in [5.74, 6) is 0.394. The van der Waals surface area contributed by atoms with E-state index in [1.165, 1.54) is 12.1 Å². The van der Waals surface area contributed by atoms with Gasteiger partial charge in [0.2, 0.25) is 0 Å². The summed E-state index contributed by atoms with van der Waals surface area (Å²) in [5.41, 5.74) is 0.824. The highest BCUT2D eigenvalue weighted by atomic mass is 79.9. The molecule has 0 spiro atoms. The monoisotopic (exact) mass is 259 g/mol. The Morgan fingerprint density at radius 3 is 2.86 bits per heavy atom. The molecule has 0 radical (unpaired) electrons. The zero-order valence-electron chi connectivity index (χ0n) is 8.48. The standard InChI is InChI=1S/C11H15BrFN/c1-3-8(2)7-14-11-6-9(13)4-5-10(11)12/h4-6,8,14H,3,7H2,1-2H3. The van der Waals surface area contributed by atoms with Gasteiger partial charge in [0.15, 0.2) is 0 Å². The van der Waals surface area contributed by atoms with E-state index in [1.54, 1.807) is 6.07 Å². The minimum atomic E-state index is -0.208. The van der Waals surface area contributed by atoms with Crippen LogP contribution in [-0.4, -0.2) is 6.54 Å². The number of halogens is 2. The molecule has 0 fully saturated rings.